The van der Waals surface area contributed by atoms with Crippen molar-refractivity contribution in [3.8, 4) is 0 Å². The van der Waals surface area contributed by atoms with Gasteiger partial charge < -0.3 is 25.7 Å². The SMILES string of the molecule is Cc1cnc(C(=O)N[C@@H](CC2CCCCC2)C(=O)N[C@@H](C[C@@H]2CCNC2=O)C(=O)C(=O)NCc2ccccc2)o1. The third-order valence-electron chi connectivity index (χ3n) is 7.57. The predicted octanol–water partition coefficient (Wildman–Crippen LogP) is 1.95. The molecule has 2 aromatic rings. The topological polar surface area (TPSA) is 160 Å². The van der Waals surface area contributed by atoms with Crippen LogP contribution in [-0.4, -0.2) is 53.0 Å². The maximum Gasteiger partial charge on any atom is 0.307 e. The van der Waals surface area contributed by atoms with E-state index >= 15 is 0 Å². The summed E-state index contributed by atoms with van der Waals surface area (Å²) in [5.74, 6) is -3.13. The molecule has 1 aromatic heterocycles. The number of nitrogens with one attached hydrogen (secondary N) is 4. The van der Waals surface area contributed by atoms with Gasteiger partial charge in [-0.05, 0) is 37.7 Å². The fraction of sp³-hybridized carbons (Fsp3) is 0.517. The molecule has 3 atom stereocenters. The first-order valence-electron chi connectivity index (χ1n) is 14.0. The normalized spacial score (nSPS) is 18.8. The van der Waals surface area contributed by atoms with Crippen LogP contribution in [0.3, 0.4) is 0 Å². The van der Waals surface area contributed by atoms with Gasteiger partial charge in [-0.15, -0.1) is 0 Å². The zero-order valence-electron chi connectivity index (χ0n) is 22.7. The number of rotatable bonds is 12. The molecule has 1 aliphatic heterocycles. The number of nitrogens with zero attached hydrogens (tertiary/aromatic N) is 1. The number of carbonyl (C=O) groups excluding carboxylic acids is 5. The summed E-state index contributed by atoms with van der Waals surface area (Å²) in [6.45, 7) is 2.27. The van der Waals surface area contributed by atoms with Crippen molar-refractivity contribution in [2.45, 2.75) is 76.9 Å². The number of carbonyl (C=O) groups is 5. The van der Waals surface area contributed by atoms with Gasteiger partial charge in [0.2, 0.25) is 17.6 Å². The Hall–Kier alpha value is -4.02. The van der Waals surface area contributed by atoms with Crippen LogP contribution in [0.4, 0.5) is 0 Å². The van der Waals surface area contributed by atoms with Gasteiger partial charge in [-0.3, -0.25) is 24.0 Å². The highest BCUT2D eigenvalue weighted by molar-refractivity contribution is 6.38. The molecule has 1 aromatic carbocycles. The second kappa shape index (κ2) is 13.9. The van der Waals surface area contributed by atoms with E-state index in [0.29, 0.717) is 25.1 Å². The van der Waals surface area contributed by atoms with Gasteiger partial charge in [0.05, 0.1) is 12.2 Å². The molecule has 2 aliphatic rings. The monoisotopic (exact) mass is 551 g/mol. The van der Waals surface area contributed by atoms with Gasteiger partial charge in [0, 0.05) is 19.0 Å². The van der Waals surface area contributed by atoms with Crippen LogP contribution in [0, 0.1) is 18.8 Å². The lowest BCUT2D eigenvalue weighted by Crippen LogP contribution is -2.55. The highest BCUT2D eigenvalue weighted by Crippen LogP contribution is 2.28. The Balaban J connectivity index is 1.48. The fourth-order valence-electron chi connectivity index (χ4n) is 5.35. The molecule has 0 spiro atoms. The maximum absolute atomic E-state index is 13.6. The lowest BCUT2D eigenvalue weighted by molar-refractivity contribution is -0.141. The van der Waals surface area contributed by atoms with E-state index in [1.807, 2.05) is 30.3 Å². The first-order valence-corrected chi connectivity index (χ1v) is 14.0. The number of ketones is 1. The van der Waals surface area contributed by atoms with Crippen molar-refractivity contribution in [1.29, 1.82) is 0 Å². The fourth-order valence-corrected chi connectivity index (χ4v) is 5.35. The third-order valence-corrected chi connectivity index (χ3v) is 7.57. The summed E-state index contributed by atoms with van der Waals surface area (Å²) in [4.78, 5) is 68.8. The number of Topliss-reactive ketones (excluding diaryl/α,β-unsaturated/α-hetero) is 1. The van der Waals surface area contributed by atoms with E-state index in [0.717, 1.165) is 37.7 Å². The molecule has 11 nitrogen and oxygen atoms in total. The molecule has 11 heteroatoms. The van der Waals surface area contributed by atoms with Crippen LogP contribution in [0.1, 0.15) is 73.4 Å². The highest BCUT2D eigenvalue weighted by Gasteiger charge is 2.36. The molecule has 4 rings (SSSR count). The summed E-state index contributed by atoms with van der Waals surface area (Å²) in [6.07, 6.45) is 7.37. The zero-order valence-corrected chi connectivity index (χ0v) is 22.7. The standard InChI is InChI=1S/C29H37N5O6/c1-18-16-32-29(40-18)28(39)34-23(14-19-8-4-2-5-9-19)26(37)33-22(15-21-12-13-30-25(21)36)24(35)27(38)31-17-20-10-6-3-7-11-20/h3,6-7,10-11,16,19,21-23H,2,4-5,8-9,12-15,17H2,1H3,(H,30,36)(H,31,38)(H,33,37)(H,34,39)/t21-,22-,23-/m0/s1. The molecule has 4 amide bonds. The Kier molecular flexibility index (Phi) is 10.0. The van der Waals surface area contributed by atoms with Crippen LogP contribution < -0.4 is 21.3 Å². The van der Waals surface area contributed by atoms with E-state index < -0.39 is 41.5 Å². The average molecular weight is 552 g/mol. The van der Waals surface area contributed by atoms with Gasteiger partial charge >= 0.3 is 5.91 Å². The van der Waals surface area contributed by atoms with Crippen LogP contribution in [-0.2, 0) is 25.7 Å². The van der Waals surface area contributed by atoms with E-state index in [1.165, 1.54) is 6.20 Å². The molecule has 0 bridgehead atoms. The molecular formula is C29H37N5O6. The van der Waals surface area contributed by atoms with Crippen molar-refractivity contribution in [2.75, 3.05) is 6.54 Å². The lowest BCUT2D eigenvalue weighted by Gasteiger charge is -2.28. The minimum Gasteiger partial charge on any atom is -0.438 e. The van der Waals surface area contributed by atoms with Crippen molar-refractivity contribution in [2.24, 2.45) is 11.8 Å². The lowest BCUT2D eigenvalue weighted by atomic mass is 9.84. The summed E-state index contributed by atoms with van der Waals surface area (Å²) >= 11 is 0. The smallest absolute Gasteiger partial charge is 0.307 e. The first-order chi connectivity index (χ1) is 19.3. The average Bonchev–Trinajstić information content (AvgIpc) is 3.59. The van der Waals surface area contributed by atoms with Crippen LogP contribution in [0.2, 0.25) is 0 Å². The number of benzene rings is 1. The summed E-state index contributed by atoms with van der Waals surface area (Å²) in [6, 6.07) is 6.94. The molecule has 2 heterocycles. The van der Waals surface area contributed by atoms with Crippen LogP contribution in [0.5, 0.6) is 0 Å². The molecule has 0 radical (unpaired) electrons. The molecular weight excluding hydrogens is 514 g/mol. The van der Waals surface area contributed by atoms with E-state index in [9.17, 15) is 24.0 Å². The van der Waals surface area contributed by atoms with Crippen LogP contribution in [0.15, 0.2) is 40.9 Å². The van der Waals surface area contributed by atoms with Crippen molar-refractivity contribution in [3.05, 3.63) is 53.7 Å². The molecule has 1 saturated carbocycles. The minimum absolute atomic E-state index is 0.0157. The van der Waals surface area contributed by atoms with E-state index in [-0.39, 0.29) is 30.7 Å². The summed E-state index contributed by atoms with van der Waals surface area (Å²) in [7, 11) is 0. The highest BCUT2D eigenvalue weighted by atomic mass is 16.4. The Morgan fingerprint density at radius 1 is 1.00 bits per heavy atom. The first kappa shape index (κ1) is 29.0. The van der Waals surface area contributed by atoms with Crippen molar-refractivity contribution >= 4 is 29.4 Å². The Labute approximate surface area is 233 Å². The Bertz CT molecular complexity index is 1210. The van der Waals surface area contributed by atoms with Gasteiger partial charge in [0.1, 0.15) is 11.8 Å². The molecule has 214 valence electrons. The van der Waals surface area contributed by atoms with Gasteiger partial charge in [0.25, 0.3) is 11.8 Å². The van der Waals surface area contributed by atoms with Gasteiger partial charge in [-0.2, -0.15) is 0 Å². The summed E-state index contributed by atoms with van der Waals surface area (Å²) in [5, 5.41) is 10.8. The second-order valence-corrected chi connectivity index (χ2v) is 10.6. The number of amides is 4. The van der Waals surface area contributed by atoms with Crippen LogP contribution in [0.25, 0.3) is 0 Å². The van der Waals surface area contributed by atoms with Gasteiger partial charge in [-0.25, -0.2) is 4.98 Å². The number of hydrogen-bond donors (Lipinski definition) is 4. The third kappa shape index (κ3) is 8.00. The minimum atomic E-state index is -1.23. The Morgan fingerprint density at radius 2 is 1.75 bits per heavy atom. The molecule has 1 aliphatic carbocycles. The second-order valence-electron chi connectivity index (χ2n) is 10.6. The van der Waals surface area contributed by atoms with Gasteiger partial charge in [0.15, 0.2) is 0 Å². The van der Waals surface area contributed by atoms with E-state index in [1.54, 1.807) is 6.92 Å². The number of oxazole rings is 1. The van der Waals surface area contributed by atoms with Crippen molar-refractivity contribution in [3.63, 3.8) is 0 Å². The van der Waals surface area contributed by atoms with Crippen molar-refractivity contribution in [1.82, 2.24) is 26.3 Å². The maximum atomic E-state index is 13.6. The largest absolute Gasteiger partial charge is 0.438 e. The molecule has 40 heavy (non-hydrogen) atoms. The summed E-state index contributed by atoms with van der Waals surface area (Å²) in [5.41, 5.74) is 0.816. The van der Waals surface area contributed by atoms with Crippen LogP contribution >= 0.6 is 0 Å². The molecule has 4 N–H and O–H groups in total. The Morgan fingerprint density at radius 3 is 2.40 bits per heavy atom. The summed E-state index contributed by atoms with van der Waals surface area (Å²) < 4.78 is 5.32. The van der Waals surface area contributed by atoms with Gasteiger partial charge in [-0.1, -0.05) is 62.4 Å². The van der Waals surface area contributed by atoms with Crippen molar-refractivity contribution < 1.29 is 28.4 Å². The number of aromatic nitrogens is 1. The molecule has 2 fully saturated rings. The number of aryl methyl sites for hydroxylation is 1. The predicted molar refractivity (Wildman–Crippen MR) is 145 cm³/mol. The van der Waals surface area contributed by atoms with E-state index in [4.69, 9.17) is 4.42 Å². The molecule has 1 saturated heterocycles. The zero-order chi connectivity index (χ0) is 28.5. The quantitative estimate of drug-likeness (QED) is 0.293. The van der Waals surface area contributed by atoms with E-state index in [2.05, 4.69) is 26.3 Å². The number of hydrogen-bond acceptors (Lipinski definition) is 7. The molecule has 0 unspecified atom stereocenters.